The molecule has 6 rings (SSSR count). The molecular weight excluding hydrogens is 474 g/mol. The zero-order valence-corrected chi connectivity index (χ0v) is 20.4. The highest BCUT2D eigenvalue weighted by atomic mass is 32.1. The van der Waals surface area contributed by atoms with Crippen LogP contribution in [0.1, 0.15) is 16.7 Å². The smallest absolute Gasteiger partial charge is 0.291 e. The summed E-state index contributed by atoms with van der Waals surface area (Å²) in [6, 6.07) is 23.3. The van der Waals surface area contributed by atoms with Crippen molar-refractivity contribution in [1.82, 2.24) is 14.6 Å². The van der Waals surface area contributed by atoms with Crippen molar-refractivity contribution in [3.05, 3.63) is 104 Å². The van der Waals surface area contributed by atoms with Crippen LogP contribution in [0.4, 0.5) is 0 Å². The van der Waals surface area contributed by atoms with Crippen LogP contribution in [0.5, 0.6) is 11.5 Å². The summed E-state index contributed by atoms with van der Waals surface area (Å²) in [4.78, 5) is 18.2. The van der Waals surface area contributed by atoms with Crippen molar-refractivity contribution in [2.45, 2.75) is 13.5 Å². The Bertz CT molecular complexity index is 1820. The number of aromatic nitrogens is 3. The second-order valence-corrected chi connectivity index (χ2v) is 9.29. The molecule has 0 saturated carbocycles. The van der Waals surface area contributed by atoms with Gasteiger partial charge in [-0.05, 0) is 42.3 Å². The van der Waals surface area contributed by atoms with Crippen molar-refractivity contribution >= 4 is 33.3 Å². The van der Waals surface area contributed by atoms with Gasteiger partial charge in [-0.2, -0.15) is 9.50 Å². The summed E-state index contributed by atoms with van der Waals surface area (Å²) in [5.74, 6) is 2.21. The molecule has 0 atom stereocenters. The Kier molecular flexibility index (Phi) is 5.50. The number of furan rings is 1. The Balaban J connectivity index is 1.31. The first-order chi connectivity index (χ1) is 17.6. The first kappa shape index (κ1) is 22.1. The lowest BCUT2D eigenvalue weighted by molar-refractivity contribution is 0.284. The molecule has 0 aliphatic carbocycles. The molecule has 0 saturated heterocycles. The number of methoxy groups -OCH3 is 1. The lowest BCUT2D eigenvalue weighted by Crippen LogP contribution is -2.23. The van der Waals surface area contributed by atoms with E-state index in [0.717, 1.165) is 27.7 Å². The van der Waals surface area contributed by atoms with Gasteiger partial charge >= 0.3 is 0 Å². The number of hydrogen-bond acceptors (Lipinski definition) is 7. The third kappa shape index (κ3) is 3.91. The standard InChI is InChI=1S/C28H21N3O4S/c1-17-20-10-6-7-11-21(20)35-25(17)26-29-28-31(30-26)27(32)24(36-28)15-19-12-13-22(23(14-19)33-2)34-16-18-8-4-3-5-9-18/h3-15H,16H2,1-2H3. The zero-order chi connectivity index (χ0) is 24.6. The number of aryl methyl sites for hydroxylation is 1. The van der Waals surface area contributed by atoms with Gasteiger partial charge < -0.3 is 13.9 Å². The van der Waals surface area contributed by atoms with Crippen molar-refractivity contribution in [1.29, 1.82) is 0 Å². The van der Waals surface area contributed by atoms with Crippen LogP contribution in [0, 0.1) is 6.92 Å². The van der Waals surface area contributed by atoms with E-state index in [-0.39, 0.29) is 5.56 Å². The minimum Gasteiger partial charge on any atom is -0.493 e. The Hall–Kier alpha value is -4.43. The van der Waals surface area contributed by atoms with E-state index in [9.17, 15) is 4.79 Å². The molecule has 0 unspecified atom stereocenters. The topological polar surface area (TPSA) is 78.9 Å². The van der Waals surface area contributed by atoms with E-state index in [2.05, 4.69) is 10.1 Å². The van der Waals surface area contributed by atoms with Gasteiger partial charge in [-0.1, -0.05) is 65.9 Å². The Morgan fingerprint density at radius 3 is 2.61 bits per heavy atom. The van der Waals surface area contributed by atoms with Crippen LogP contribution in [-0.4, -0.2) is 21.7 Å². The summed E-state index contributed by atoms with van der Waals surface area (Å²) in [5, 5.41) is 5.45. The van der Waals surface area contributed by atoms with E-state index in [0.29, 0.717) is 39.2 Å². The molecule has 6 aromatic rings. The fourth-order valence-electron chi connectivity index (χ4n) is 4.10. The maximum Gasteiger partial charge on any atom is 0.291 e. The fraction of sp³-hybridized carbons (Fsp3) is 0.107. The van der Waals surface area contributed by atoms with Gasteiger partial charge in [0.2, 0.25) is 10.8 Å². The molecule has 0 fully saturated rings. The molecule has 178 valence electrons. The lowest BCUT2D eigenvalue weighted by Gasteiger charge is -2.11. The maximum absolute atomic E-state index is 13.1. The maximum atomic E-state index is 13.1. The summed E-state index contributed by atoms with van der Waals surface area (Å²) in [6.45, 7) is 2.40. The monoisotopic (exact) mass is 495 g/mol. The molecule has 3 heterocycles. The quantitative estimate of drug-likeness (QED) is 0.323. The van der Waals surface area contributed by atoms with Gasteiger partial charge in [0.25, 0.3) is 5.56 Å². The number of nitrogens with zero attached hydrogens (tertiary/aromatic N) is 3. The largest absolute Gasteiger partial charge is 0.493 e. The molecule has 3 aromatic heterocycles. The molecule has 0 aliphatic heterocycles. The number of hydrogen-bond donors (Lipinski definition) is 0. The van der Waals surface area contributed by atoms with Gasteiger partial charge in [0, 0.05) is 10.9 Å². The molecule has 0 aliphatic rings. The number of ether oxygens (including phenoxy) is 2. The molecule has 0 amide bonds. The predicted molar refractivity (Wildman–Crippen MR) is 140 cm³/mol. The Morgan fingerprint density at radius 1 is 1.03 bits per heavy atom. The van der Waals surface area contributed by atoms with E-state index >= 15 is 0 Å². The van der Waals surface area contributed by atoms with Gasteiger partial charge in [0.1, 0.15) is 12.2 Å². The first-order valence-corrected chi connectivity index (χ1v) is 12.2. The van der Waals surface area contributed by atoms with E-state index < -0.39 is 0 Å². The average molecular weight is 496 g/mol. The highest BCUT2D eigenvalue weighted by Crippen LogP contribution is 2.31. The molecular formula is C28H21N3O4S. The molecule has 0 N–H and O–H groups in total. The van der Waals surface area contributed by atoms with E-state index in [1.807, 2.05) is 79.7 Å². The SMILES string of the molecule is COc1cc(C=c2sc3nc(-c4oc5ccccc5c4C)nn3c2=O)ccc1OCc1ccccc1. The molecule has 3 aromatic carbocycles. The van der Waals surface area contributed by atoms with E-state index in [1.54, 1.807) is 13.2 Å². The molecule has 0 spiro atoms. The summed E-state index contributed by atoms with van der Waals surface area (Å²) in [6.07, 6.45) is 1.80. The minimum absolute atomic E-state index is 0.231. The molecule has 0 radical (unpaired) electrons. The van der Waals surface area contributed by atoms with E-state index in [4.69, 9.17) is 13.9 Å². The summed E-state index contributed by atoms with van der Waals surface area (Å²) in [7, 11) is 1.60. The number of fused-ring (bicyclic) bond motifs is 2. The number of rotatable bonds is 6. The number of thiazole rings is 1. The number of benzene rings is 3. The predicted octanol–water partition coefficient (Wildman–Crippen LogP) is 5.01. The molecule has 7 nitrogen and oxygen atoms in total. The Morgan fingerprint density at radius 2 is 1.83 bits per heavy atom. The minimum atomic E-state index is -0.231. The van der Waals surface area contributed by atoms with Crippen LogP contribution in [0.25, 0.3) is 33.6 Å². The van der Waals surface area contributed by atoms with Crippen molar-refractivity contribution in [3.63, 3.8) is 0 Å². The molecule has 0 bridgehead atoms. The Labute approximate surface area is 209 Å². The lowest BCUT2D eigenvalue weighted by atomic mass is 10.1. The van der Waals surface area contributed by atoms with Gasteiger partial charge in [0.15, 0.2) is 17.3 Å². The van der Waals surface area contributed by atoms with Crippen molar-refractivity contribution in [3.8, 4) is 23.1 Å². The molecule has 36 heavy (non-hydrogen) atoms. The van der Waals surface area contributed by atoms with Crippen LogP contribution in [-0.2, 0) is 6.61 Å². The van der Waals surface area contributed by atoms with Gasteiger partial charge in [-0.25, -0.2) is 0 Å². The third-order valence-corrected chi connectivity index (χ3v) is 6.91. The normalized spacial score (nSPS) is 12.0. The molecule has 8 heteroatoms. The first-order valence-electron chi connectivity index (χ1n) is 11.4. The van der Waals surface area contributed by atoms with Gasteiger partial charge in [0.05, 0.1) is 11.6 Å². The summed E-state index contributed by atoms with van der Waals surface area (Å²) >= 11 is 1.28. The zero-order valence-electron chi connectivity index (χ0n) is 19.6. The number of para-hydroxylation sites is 1. The van der Waals surface area contributed by atoms with Crippen molar-refractivity contribution in [2.75, 3.05) is 7.11 Å². The van der Waals surface area contributed by atoms with Crippen LogP contribution >= 0.6 is 11.3 Å². The summed E-state index contributed by atoms with van der Waals surface area (Å²) < 4.78 is 19.3. The van der Waals surface area contributed by atoms with Gasteiger partial charge in [-0.3, -0.25) is 4.79 Å². The average Bonchev–Trinajstić information content (AvgIpc) is 3.56. The van der Waals surface area contributed by atoms with Crippen molar-refractivity contribution < 1.29 is 13.9 Å². The van der Waals surface area contributed by atoms with Crippen LogP contribution in [0.2, 0.25) is 0 Å². The van der Waals surface area contributed by atoms with Crippen LogP contribution in [0.3, 0.4) is 0 Å². The highest BCUT2D eigenvalue weighted by molar-refractivity contribution is 7.15. The summed E-state index contributed by atoms with van der Waals surface area (Å²) in [5.41, 5.74) is 3.37. The van der Waals surface area contributed by atoms with E-state index in [1.165, 1.54) is 15.9 Å². The van der Waals surface area contributed by atoms with Crippen LogP contribution in [0.15, 0.2) is 82.0 Å². The van der Waals surface area contributed by atoms with Gasteiger partial charge in [-0.15, -0.1) is 5.10 Å². The van der Waals surface area contributed by atoms with Crippen molar-refractivity contribution in [2.24, 2.45) is 0 Å². The van der Waals surface area contributed by atoms with Crippen LogP contribution < -0.4 is 19.6 Å². The fourth-order valence-corrected chi connectivity index (χ4v) is 5.01. The second kappa shape index (κ2) is 8.98. The highest BCUT2D eigenvalue weighted by Gasteiger charge is 2.19. The third-order valence-electron chi connectivity index (χ3n) is 5.95. The second-order valence-electron chi connectivity index (χ2n) is 8.28.